The van der Waals surface area contributed by atoms with Crippen LogP contribution in [0.5, 0.6) is 0 Å². The lowest BCUT2D eigenvalue weighted by Crippen LogP contribution is -2.01. The van der Waals surface area contributed by atoms with Crippen molar-refractivity contribution in [3.05, 3.63) is 34.9 Å². The summed E-state index contributed by atoms with van der Waals surface area (Å²) in [6, 6.07) is 6.62. The zero-order chi connectivity index (χ0) is 19.7. The van der Waals surface area contributed by atoms with Crippen LogP contribution in [0, 0.1) is 19.8 Å². The maximum absolute atomic E-state index is 11.0. The number of carbonyl (C=O) groups excluding carboxylic acids is 1. The van der Waals surface area contributed by atoms with Gasteiger partial charge in [0.05, 0.1) is 0 Å². The molecule has 0 amide bonds. The average molecular weight is 349 g/mol. The van der Waals surface area contributed by atoms with E-state index in [0.29, 0.717) is 12.2 Å². The molecular formula is C24H44O. The van der Waals surface area contributed by atoms with Crippen molar-refractivity contribution in [3.63, 3.8) is 0 Å². The van der Waals surface area contributed by atoms with Crippen molar-refractivity contribution in [1.82, 2.24) is 0 Å². The quantitative estimate of drug-likeness (QED) is 0.415. The van der Waals surface area contributed by atoms with Crippen LogP contribution in [-0.4, -0.2) is 5.78 Å². The molecule has 0 aliphatic heterocycles. The highest BCUT2D eigenvalue weighted by Crippen LogP contribution is 2.15. The largest absolute Gasteiger partial charge is 0.300 e. The second-order valence-corrected chi connectivity index (χ2v) is 6.82. The maximum Gasteiger partial charge on any atom is 0.132 e. The molecule has 0 radical (unpaired) electrons. The van der Waals surface area contributed by atoms with Gasteiger partial charge in [0.15, 0.2) is 0 Å². The van der Waals surface area contributed by atoms with E-state index in [9.17, 15) is 4.79 Å². The van der Waals surface area contributed by atoms with Crippen molar-refractivity contribution in [2.24, 2.45) is 5.92 Å². The fourth-order valence-corrected chi connectivity index (χ4v) is 2.71. The zero-order valence-electron chi connectivity index (χ0n) is 18.4. The lowest BCUT2D eigenvalue weighted by atomic mass is 9.97. The highest BCUT2D eigenvalue weighted by atomic mass is 16.1. The number of rotatable bonds is 9. The van der Waals surface area contributed by atoms with Crippen LogP contribution >= 0.6 is 0 Å². The minimum atomic E-state index is 0.419. The van der Waals surface area contributed by atoms with E-state index in [0.717, 1.165) is 25.2 Å². The number of Topliss-reactive ketones (excluding diaryl/α,β-unsaturated/α-hetero) is 1. The smallest absolute Gasteiger partial charge is 0.132 e. The van der Waals surface area contributed by atoms with Gasteiger partial charge in [0, 0.05) is 12.8 Å². The summed E-state index contributed by atoms with van der Waals surface area (Å²) in [4.78, 5) is 11.0. The Morgan fingerprint density at radius 1 is 1.00 bits per heavy atom. The van der Waals surface area contributed by atoms with E-state index in [1.165, 1.54) is 42.4 Å². The maximum atomic E-state index is 11.0. The molecule has 1 heteroatoms. The lowest BCUT2D eigenvalue weighted by Gasteiger charge is -2.09. The predicted octanol–water partition coefficient (Wildman–Crippen LogP) is 7.85. The highest BCUT2D eigenvalue weighted by molar-refractivity contribution is 5.77. The molecule has 0 heterocycles. The van der Waals surface area contributed by atoms with Crippen LogP contribution in [0.1, 0.15) is 103 Å². The Hall–Kier alpha value is -1.11. The van der Waals surface area contributed by atoms with Gasteiger partial charge in [-0.25, -0.2) is 0 Å². The number of aryl methyl sites for hydroxylation is 3. The summed E-state index contributed by atoms with van der Waals surface area (Å²) in [5.74, 6) is 1.16. The van der Waals surface area contributed by atoms with Crippen molar-refractivity contribution in [1.29, 1.82) is 0 Å². The van der Waals surface area contributed by atoms with Crippen LogP contribution in [0.2, 0.25) is 0 Å². The molecule has 1 aromatic carbocycles. The summed E-state index contributed by atoms with van der Waals surface area (Å²) in [6.45, 7) is 16.9. The van der Waals surface area contributed by atoms with Crippen LogP contribution in [-0.2, 0) is 11.2 Å². The second kappa shape index (κ2) is 17.7. The molecule has 1 unspecified atom stereocenters. The third-order valence-electron chi connectivity index (χ3n) is 4.49. The molecule has 0 fully saturated rings. The van der Waals surface area contributed by atoms with Crippen molar-refractivity contribution >= 4 is 5.78 Å². The van der Waals surface area contributed by atoms with Gasteiger partial charge in [-0.05, 0) is 43.7 Å². The van der Waals surface area contributed by atoms with E-state index in [-0.39, 0.29) is 0 Å². The first-order chi connectivity index (χ1) is 11.9. The van der Waals surface area contributed by atoms with Crippen LogP contribution < -0.4 is 0 Å². The Balaban J connectivity index is 0. The molecule has 1 nitrogen and oxygen atoms in total. The molecule has 0 spiro atoms. The van der Waals surface area contributed by atoms with Gasteiger partial charge in [-0.2, -0.15) is 0 Å². The molecule has 146 valence electrons. The summed E-state index contributed by atoms with van der Waals surface area (Å²) in [5.41, 5.74) is 4.24. The van der Waals surface area contributed by atoms with Crippen molar-refractivity contribution in [3.8, 4) is 0 Å². The van der Waals surface area contributed by atoms with Crippen molar-refractivity contribution < 1.29 is 4.79 Å². The molecule has 0 aromatic heterocycles. The van der Waals surface area contributed by atoms with Crippen LogP contribution in [0.25, 0.3) is 0 Å². The van der Waals surface area contributed by atoms with Gasteiger partial charge in [0.25, 0.3) is 0 Å². The van der Waals surface area contributed by atoms with Crippen molar-refractivity contribution in [2.45, 2.75) is 107 Å². The van der Waals surface area contributed by atoms with Crippen LogP contribution in [0.15, 0.2) is 18.2 Å². The minimum Gasteiger partial charge on any atom is -0.300 e. The van der Waals surface area contributed by atoms with Gasteiger partial charge in [-0.15, -0.1) is 0 Å². The molecule has 1 rings (SSSR count). The number of unbranched alkanes of at least 4 members (excludes halogenated alkanes) is 2. The first-order valence-electron chi connectivity index (χ1n) is 10.5. The SMILES string of the molecule is CC.CCCCCC(C)CCC(=O)CC.CCc1ccc(C)cc1C. The summed E-state index contributed by atoms with van der Waals surface area (Å²) in [7, 11) is 0. The standard InChI is InChI=1S/C12H24O.C10H14.C2H6/c1-4-6-7-8-11(3)9-10-12(13)5-2;1-4-10-6-5-8(2)7-9(10)3;1-2/h11H,4-10H2,1-3H3;5-7H,4H2,1-3H3;1-2H3. The molecule has 0 aliphatic rings. The third kappa shape index (κ3) is 14.9. The number of carbonyl (C=O) groups is 1. The van der Waals surface area contributed by atoms with Gasteiger partial charge in [-0.1, -0.05) is 91.0 Å². The number of hydrogen-bond donors (Lipinski definition) is 0. The molecule has 0 saturated carbocycles. The van der Waals surface area contributed by atoms with Gasteiger partial charge in [0.1, 0.15) is 5.78 Å². The molecule has 0 aliphatic carbocycles. The average Bonchev–Trinajstić information content (AvgIpc) is 2.62. The highest BCUT2D eigenvalue weighted by Gasteiger charge is 2.04. The van der Waals surface area contributed by atoms with E-state index >= 15 is 0 Å². The fraction of sp³-hybridized carbons (Fsp3) is 0.708. The van der Waals surface area contributed by atoms with E-state index < -0.39 is 0 Å². The number of hydrogen-bond acceptors (Lipinski definition) is 1. The molecular weight excluding hydrogens is 304 g/mol. The molecule has 0 N–H and O–H groups in total. The topological polar surface area (TPSA) is 17.1 Å². The van der Waals surface area contributed by atoms with E-state index in [1.54, 1.807) is 0 Å². The summed E-state index contributed by atoms with van der Waals surface area (Å²) >= 11 is 0. The fourth-order valence-electron chi connectivity index (χ4n) is 2.71. The Morgan fingerprint density at radius 2 is 1.64 bits per heavy atom. The van der Waals surface area contributed by atoms with Crippen LogP contribution in [0.3, 0.4) is 0 Å². The summed E-state index contributed by atoms with van der Waals surface area (Å²) < 4.78 is 0. The Bertz CT molecular complexity index is 434. The summed E-state index contributed by atoms with van der Waals surface area (Å²) in [6.07, 6.45) is 9.00. The Labute approximate surface area is 158 Å². The van der Waals surface area contributed by atoms with Gasteiger partial charge >= 0.3 is 0 Å². The molecule has 25 heavy (non-hydrogen) atoms. The lowest BCUT2D eigenvalue weighted by molar-refractivity contribution is -0.119. The molecule has 1 atom stereocenters. The monoisotopic (exact) mass is 348 g/mol. The number of benzene rings is 1. The normalized spacial score (nSPS) is 10.9. The molecule has 0 saturated heterocycles. The van der Waals surface area contributed by atoms with E-state index in [2.05, 4.69) is 52.8 Å². The van der Waals surface area contributed by atoms with Gasteiger partial charge in [0.2, 0.25) is 0 Å². The first-order valence-corrected chi connectivity index (χ1v) is 10.5. The Morgan fingerprint density at radius 3 is 2.12 bits per heavy atom. The predicted molar refractivity (Wildman–Crippen MR) is 114 cm³/mol. The van der Waals surface area contributed by atoms with E-state index in [1.807, 2.05) is 20.8 Å². The van der Waals surface area contributed by atoms with Gasteiger partial charge in [-0.3, -0.25) is 4.79 Å². The first kappa shape index (κ1) is 26.1. The van der Waals surface area contributed by atoms with Gasteiger partial charge < -0.3 is 0 Å². The Kier molecular flexibility index (Phi) is 18.5. The number of ketones is 1. The zero-order valence-corrected chi connectivity index (χ0v) is 18.4. The summed E-state index contributed by atoms with van der Waals surface area (Å²) in [5, 5.41) is 0. The molecule has 1 aromatic rings. The second-order valence-electron chi connectivity index (χ2n) is 6.82. The van der Waals surface area contributed by atoms with Crippen LogP contribution in [0.4, 0.5) is 0 Å². The van der Waals surface area contributed by atoms with Crippen molar-refractivity contribution in [2.75, 3.05) is 0 Å². The third-order valence-corrected chi connectivity index (χ3v) is 4.49. The minimum absolute atomic E-state index is 0.419. The van der Waals surface area contributed by atoms with E-state index in [4.69, 9.17) is 0 Å². The molecule has 0 bridgehead atoms.